The fraction of sp³-hybridized carbons (Fsp3) is 0.318. The molecule has 0 spiro atoms. The number of nitrogens with zero attached hydrogens (tertiary/aromatic N) is 1. The molecule has 0 atom stereocenters. The molecule has 0 bridgehead atoms. The largest absolute Gasteiger partial charge is 0.482 e. The van der Waals surface area contributed by atoms with Crippen LogP contribution in [0.5, 0.6) is 5.75 Å². The van der Waals surface area contributed by atoms with Crippen molar-refractivity contribution in [1.29, 1.82) is 5.26 Å². The minimum atomic E-state index is -0.831. The molecule has 1 aliphatic carbocycles. The monoisotopic (exact) mass is 392 g/mol. The van der Waals surface area contributed by atoms with Crippen LogP contribution in [-0.2, 0) is 14.3 Å². The summed E-state index contributed by atoms with van der Waals surface area (Å²) in [4.78, 5) is 23.9. The number of carbonyl (C=O) groups is 2. The predicted molar refractivity (Wildman–Crippen MR) is 105 cm³/mol. The lowest BCUT2D eigenvalue weighted by atomic mass is 10.00. The molecule has 4 rings (SSSR count). The van der Waals surface area contributed by atoms with Gasteiger partial charge in [-0.1, -0.05) is 18.2 Å². The third kappa shape index (κ3) is 4.02. The summed E-state index contributed by atoms with van der Waals surface area (Å²) in [5.41, 5.74) is 0.682. The highest BCUT2D eigenvalue weighted by Crippen LogP contribution is 2.31. The van der Waals surface area contributed by atoms with Crippen LogP contribution in [0.2, 0.25) is 0 Å². The van der Waals surface area contributed by atoms with Crippen LogP contribution in [-0.4, -0.2) is 30.6 Å². The Kier molecular flexibility index (Phi) is 5.09. The number of nitriles is 1. The second kappa shape index (κ2) is 7.84. The number of carbonyl (C=O) groups excluding carboxylic acids is 2. The van der Waals surface area contributed by atoms with E-state index in [0.29, 0.717) is 18.6 Å². The normalized spacial score (nSPS) is 15.1. The zero-order chi connectivity index (χ0) is 20.3. The lowest BCUT2D eigenvalue weighted by Gasteiger charge is -2.21. The molecule has 7 heteroatoms. The molecule has 0 unspecified atom stereocenters. The van der Waals surface area contributed by atoms with Crippen LogP contribution in [0.4, 0.5) is 0 Å². The standard InChI is InChI=1S/C22H20N2O5/c23-14-22(9-3-4-10-22)24-20(25)12-28-21(26)13-27-15-7-8-19-17(11-15)16-5-1-2-6-18(16)29-19/h1-2,5-8,11H,3-4,9-10,12-13H2,(H,24,25). The highest BCUT2D eigenvalue weighted by molar-refractivity contribution is 6.05. The van der Waals surface area contributed by atoms with Crippen LogP contribution < -0.4 is 10.1 Å². The molecule has 0 radical (unpaired) electrons. The smallest absolute Gasteiger partial charge is 0.344 e. The number of para-hydroxylation sites is 1. The molecule has 1 N–H and O–H groups in total. The van der Waals surface area contributed by atoms with Crippen molar-refractivity contribution in [2.75, 3.05) is 13.2 Å². The fourth-order valence-corrected chi connectivity index (χ4v) is 3.67. The number of furan rings is 1. The minimum absolute atomic E-state index is 0.321. The first kappa shape index (κ1) is 18.8. The van der Waals surface area contributed by atoms with E-state index in [-0.39, 0.29) is 6.61 Å². The number of hydrogen-bond donors (Lipinski definition) is 1. The maximum absolute atomic E-state index is 12.0. The van der Waals surface area contributed by atoms with E-state index in [2.05, 4.69) is 11.4 Å². The molecule has 1 amide bonds. The van der Waals surface area contributed by atoms with Gasteiger partial charge in [-0.2, -0.15) is 5.26 Å². The van der Waals surface area contributed by atoms with Crippen LogP contribution >= 0.6 is 0 Å². The summed E-state index contributed by atoms with van der Waals surface area (Å²) in [6.45, 7) is -0.755. The second-order valence-corrected chi connectivity index (χ2v) is 7.15. The molecule has 1 aliphatic rings. The molecule has 1 heterocycles. The summed E-state index contributed by atoms with van der Waals surface area (Å²) in [6, 6.07) is 15.1. The van der Waals surface area contributed by atoms with E-state index >= 15 is 0 Å². The van der Waals surface area contributed by atoms with Gasteiger partial charge in [0, 0.05) is 10.8 Å². The average Bonchev–Trinajstić information content (AvgIpc) is 3.35. The second-order valence-electron chi connectivity index (χ2n) is 7.15. The Bertz CT molecular complexity index is 1110. The predicted octanol–water partition coefficient (Wildman–Crippen LogP) is 3.46. The Hall–Kier alpha value is -3.53. The number of nitrogens with one attached hydrogen (secondary N) is 1. The van der Waals surface area contributed by atoms with Gasteiger partial charge >= 0.3 is 5.97 Å². The molecule has 29 heavy (non-hydrogen) atoms. The maximum Gasteiger partial charge on any atom is 0.344 e. The van der Waals surface area contributed by atoms with Gasteiger partial charge in [-0.15, -0.1) is 0 Å². The van der Waals surface area contributed by atoms with E-state index in [1.807, 2.05) is 24.3 Å². The number of fused-ring (bicyclic) bond motifs is 3. The molecule has 0 saturated heterocycles. The SMILES string of the molecule is N#CC1(NC(=O)COC(=O)COc2ccc3oc4ccccc4c3c2)CCCC1. The van der Waals surface area contributed by atoms with Crippen molar-refractivity contribution >= 4 is 33.8 Å². The zero-order valence-electron chi connectivity index (χ0n) is 15.8. The van der Waals surface area contributed by atoms with E-state index in [1.54, 1.807) is 18.2 Å². The third-order valence-corrected chi connectivity index (χ3v) is 5.12. The van der Waals surface area contributed by atoms with Gasteiger partial charge in [0.15, 0.2) is 13.2 Å². The van der Waals surface area contributed by atoms with Gasteiger partial charge in [-0.25, -0.2) is 4.79 Å². The van der Waals surface area contributed by atoms with Gasteiger partial charge in [-0.05, 0) is 49.9 Å². The van der Waals surface area contributed by atoms with E-state index < -0.39 is 24.0 Å². The van der Waals surface area contributed by atoms with Crippen molar-refractivity contribution in [2.45, 2.75) is 31.2 Å². The summed E-state index contributed by atoms with van der Waals surface area (Å²) in [6.07, 6.45) is 3.05. The Morgan fingerprint density at radius 1 is 1.07 bits per heavy atom. The van der Waals surface area contributed by atoms with Crippen LogP contribution in [0.15, 0.2) is 46.9 Å². The van der Waals surface area contributed by atoms with E-state index in [9.17, 15) is 14.9 Å². The van der Waals surface area contributed by atoms with Crippen molar-refractivity contribution in [2.24, 2.45) is 0 Å². The van der Waals surface area contributed by atoms with Crippen LogP contribution in [0.3, 0.4) is 0 Å². The summed E-state index contributed by atoms with van der Waals surface area (Å²) in [7, 11) is 0. The molecule has 1 saturated carbocycles. The molecule has 1 aromatic heterocycles. The zero-order valence-corrected chi connectivity index (χ0v) is 15.8. The molecule has 2 aromatic carbocycles. The van der Waals surface area contributed by atoms with Gasteiger partial charge in [-0.3, -0.25) is 4.79 Å². The first-order valence-electron chi connectivity index (χ1n) is 9.51. The lowest BCUT2D eigenvalue weighted by Crippen LogP contribution is -2.46. The highest BCUT2D eigenvalue weighted by atomic mass is 16.6. The van der Waals surface area contributed by atoms with E-state index in [1.165, 1.54) is 0 Å². The van der Waals surface area contributed by atoms with Crippen molar-refractivity contribution in [3.05, 3.63) is 42.5 Å². The summed E-state index contributed by atoms with van der Waals surface area (Å²) < 4.78 is 16.2. The first-order chi connectivity index (χ1) is 14.1. The van der Waals surface area contributed by atoms with Crippen LogP contribution in [0, 0.1) is 11.3 Å². The summed E-state index contributed by atoms with van der Waals surface area (Å²) in [5, 5.41) is 13.8. The van der Waals surface area contributed by atoms with Gasteiger partial charge in [0.25, 0.3) is 5.91 Å². The Morgan fingerprint density at radius 3 is 2.62 bits per heavy atom. The molecular weight excluding hydrogens is 372 g/mol. The molecule has 0 aliphatic heterocycles. The van der Waals surface area contributed by atoms with Crippen LogP contribution in [0.25, 0.3) is 21.9 Å². The Balaban J connectivity index is 1.31. The quantitative estimate of drug-likeness (QED) is 0.645. The van der Waals surface area contributed by atoms with E-state index in [0.717, 1.165) is 34.8 Å². The molecule has 1 fully saturated rings. The van der Waals surface area contributed by atoms with Gasteiger partial charge in [0.05, 0.1) is 6.07 Å². The molecule has 148 valence electrons. The van der Waals surface area contributed by atoms with Crippen LogP contribution in [0.1, 0.15) is 25.7 Å². The lowest BCUT2D eigenvalue weighted by molar-refractivity contribution is -0.150. The van der Waals surface area contributed by atoms with Gasteiger partial charge in [0.1, 0.15) is 22.5 Å². The first-order valence-corrected chi connectivity index (χ1v) is 9.51. The number of ether oxygens (including phenoxy) is 2. The molecule has 7 nitrogen and oxygen atoms in total. The van der Waals surface area contributed by atoms with Crippen molar-refractivity contribution in [3.63, 3.8) is 0 Å². The fourth-order valence-electron chi connectivity index (χ4n) is 3.67. The number of amides is 1. The average molecular weight is 392 g/mol. The van der Waals surface area contributed by atoms with Crippen molar-refractivity contribution < 1.29 is 23.5 Å². The summed E-state index contributed by atoms with van der Waals surface area (Å²) >= 11 is 0. The van der Waals surface area contributed by atoms with E-state index in [4.69, 9.17) is 13.9 Å². The van der Waals surface area contributed by atoms with Gasteiger partial charge < -0.3 is 19.2 Å². The number of rotatable bonds is 6. The van der Waals surface area contributed by atoms with Crippen molar-refractivity contribution in [1.82, 2.24) is 5.32 Å². The molecule has 3 aromatic rings. The Labute approximate surface area is 167 Å². The van der Waals surface area contributed by atoms with Crippen molar-refractivity contribution in [3.8, 4) is 11.8 Å². The third-order valence-electron chi connectivity index (χ3n) is 5.12. The summed E-state index contributed by atoms with van der Waals surface area (Å²) in [5.74, 6) is -0.636. The molecular formula is C22H20N2O5. The highest BCUT2D eigenvalue weighted by Gasteiger charge is 2.35. The number of hydrogen-bond acceptors (Lipinski definition) is 6. The number of esters is 1. The number of benzene rings is 2. The Morgan fingerprint density at radius 2 is 1.83 bits per heavy atom. The van der Waals surface area contributed by atoms with Gasteiger partial charge in [0.2, 0.25) is 0 Å². The maximum atomic E-state index is 12.0. The topological polar surface area (TPSA) is 102 Å². The minimum Gasteiger partial charge on any atom is -0.482 e.